The van der Waals surface area contributed by atoms with Crippen LogP contribution in [0.1, 0.15) is 15.9 Å². The van der Waals surface area contributed by atoms with Crippen molar-refractivity contribution in [1.82, 2.24) is 0 Å². The summed E-state index contributed by atoms with van der Waals surface area (Å²) in [5.41, 5.74) is 1.99. The molecule has 2 aromatic rings. The lowest BCUT2D eigenvalue weighted by Crippen LogP contribution is -2.33. The predicted octanol–water partition coefficient (Wildman–Crippen LogP) is 3.44. The number of benzene rings is 2. The maximum atomic E-state index is 11.3. The highest BCUT2D eigenvalue weighted by Gasteiger charge is 2.25. The van der Waals surface area contributed by atoms with Crippen molar-refractivity contribution in [1.29, 1.82) is 0 Å². The number of carboxylic acids is 1. The van der Waals surface area contributed by atoms with Gasteiger partial charge in [0.25, 0.3) is 0 Å². The largest absolute Gasteiger partial charge is 0.489 e. The molecule has 5 heteroatoms. The molecular formula is C16H14ClNO3. The Labute approximate surface area is 127 Å². The van der Waals surface area contributed by atoms with Crippen molar-refractivity contribution in [2.75, 3.05) is 18.1 Å². The number of halogens is 1. The molecule has 3 rings (SSSR count). The van der Waals surface area contributed by atoms with E-state index >= 15 is 0 Å². The highest BCUT2D eigenvalue weighted by atomic mass is 35.5. The summed E-state index contributed by atoms with van der Waals surface area (Å²) in [4.78, 5) is 13.4. The van der Waals surface area contributed by atoms with Gasteiger partial charge in [0, 0.05) is 11.6 Å². The maximum Gasteiger partial charge on any atom is 0.339 e. The van der Waals surface area contributed by atoms with E-state index in [0.29, 0.717) is 30.5 Å². The van der Waals surface area contributed by atoms with E-state index in [9.17, 15) is 9.90 Å². The molecule has 1 aliphatic heterocycles. The molecular weight excluding hydrogens is 290 g/mol. The number of anilines is 1. The van der Waals surface area contributed by atoms with Crippen molar-refractivity contribution in [3.8, 4) is 5.75 Å². The van der Waals surface area contributed by atoms with E-state index in [2.05, 4.69) is 4.90 Å². The summed E-state index contributed by atoms with van der Waals surface area (Å²) in [7, 11) is 0. The molecule has 108 valence electrons. The van der Waals surface area contributed by atoms with Crippen LogP contribution in [0.2, 0.25) is 5.02 Å². The molecule has 4 nitrogen and oxygen atoms in total. The number of carboxylic acid groups (broad SMARTS) is 1. The van der Waals surface area contributed by atoms with Crippen LogP contribution < -0.4 is 9.64 Å². The van der Waals surface area contributed by atoms with E-state index in [1.807, 2.05) is 30.3 Å². The fourth-order valence-corrected chi connectivity index (χ4v) is 2.68. The van der Waals surface area contributed by atoms with Crippen LogP contribution in [0.4, 0.5) is 5.69 Å². The van der Waals surface area contributed by atoms with Crippen molar-refractivity contribution in [3.05, 3.63) is 58.6 Å². The smallest absolute Gasteiger partial charge is 0.339 e. The molecule has 0 unspecified atom stereocenters. The summed E-state index contributed by atoms with van der Waals surface area (Å²) < 4.78 is 5.56. The van der Waals surface area contributed by atoms with Gasteiger partial charge in [-0.1, -0.05) is 41.9 Å². The molecule has 0 aliphatic carbocycles. The maximum absolute atomic E-state index is 11.3. The zero-order valence-corrected chi connectivity index (χ0v) is 12.0. The zero-order chi connectivity index (χ0) is 14.8. The minimum atomic E-state index is -1.03. The Balaban J connectivity index is 2.00. The van der Waals surface area contributed by atoms with Crippen LogP contribution in [0.3, 0.4) is 0 Å². The van der Waals surface area contributed by atoms with Gasteiger partial charge in [-0.25, -0.2) is 4.79 Å². The minimum absolute atomic E-state index is 0.107. The number of hydrogen-bond acceptors (Lipinski definition) is 3. The number of aromatic carboxylic acids is 1. The molecule has 0 saturated heterocycles. The van der Waals surface area contributed by atoms with Crippen molar-refractivity contribution in [2.24, 2.45) is 0 Å². The third-order valence-corrected chi connectivity index (χ3v) is 3.65. The van der Waals surface area contributed by atoms with Crippen LogP contribution in [0.25, 0.3) is 0 Å². The number of carbonyl (C=O) groups is 1. The molecule has 0 amide bonds. The Morgan fingerprint density at radius 1 is 1.29 bits per heavy atom. The van der Waals surface area contributed by atoms with E-state index in [4.69, 9.17) is 16.3 Å². The van der Waals surface area contributed by atoms with Gasteiger partial charge in [-0.05, 0) is 17.7 Å². The highest BCUT2D eigenvalue weighted by molar-refractivity contribution is 6.31. The summed E-state index contributed by atoms with van der Waals surface area (Å²) >= 11 is 6.05. The quantitative estimate of drug-likeness (QED) is 0.943. The first kappa shape index (κ1) is 13.8. The molecule has 0 aromatic heterocycles. The average molecular weight is 304 g/mol. The van der Waals surface area contributed by atoms with Crippen LogP contribution in [0.5, 0.6) is 5.75 Å². The van der Waals surface area contributed by atoms with Gasteiger partial charge in [0.05, 0.1) is 12.2 Å². The molecule has 1 N–H and O–H groups in total. The lowest BCUT2D eigenvalue weighted by atomic mass is 10.1. The van der Waals surface area contributed by atoms with E-state index in [-0.39, 0.29) is 5.56 Å². The first-order chi connectivity index (χ1) is 10.1. The van der Waals surface area contributed by atoms with Crippen molar-refractivity contribution in [2.45, 2.75) is 6.54 Å². The Hall–Kier alpha value is -2.20. The Kier molecular flexibility index (Phi) is 3.71. The second kappa shape index (κ2) is 5.66. The fourth-order valence-electron chi connectivity index (χ4n) is 2.47. The monoisotopic (exact) mass is 303 g/mol. The molecule has 1 aliphatic rings. The molecule has 0 saturated carbocycles. The van der Waals surface area contributed by atoms with Crippen molar-refractivity contribution in [3.63, 3.8) is 0 Å². The molecule has 0 radical (unpaired) electrons. The van der Waals surface area contributed by atoms with Crippen molar-refractivity contribution < 1.29 is 14.6 Å². The van der Waals surface area contributed by atoms with Crippen LogP contribution in [-0.4, -0.2) is 24.2 Å². The van der Waals surface area contributed by atoms with Crippen LogP contribution in [0.15, 0.2) is 42.5 Å². The zero-order valence-electron chi connectivity index (χ0n) is 11.3. The van der Waals surface area contributed by atoms with Gasteiger partial charge in [-0.15, -0.1) is 0 Å². The molecule has 1 heterocycles. The second-order valence-electron chi connectivity index (χ2n) is 4.86. The Morgan fingerprint density at radius 2 is 2.05 bits per heavy atom. The van der Waals surface area contributed by atoms with Crippen molar-refractivity contribution >= 4 is 23.3 Å². The molecule has 2 aromatic carbocycles. The van der Waals surface area contributed by atoms with Crippen LogP contribution in [-0.2, 0) is 6.54 Å². The fraction of sp³-hybridized carbons (Fsp3) is 0.188. The Bertz CT molecular complexity index is 673. The lowest BCUT2D eigenvalue weighted by molar-refractivity contribution is 0.0692. The van der Waals surface area contributed by atoms with E-state index < -0.39 is 5.97 Å². The number of nitrogens with zero attached hydrogens (tertiary/aromatic N) is 1. The molecule has 0 bridgehead atoms. The normalized spacial score (nSPS) is 13.5. The summed E-state index contributed by atoms with van der Waals surface area (Å²) in [5.74, 6) is -0.635. The standard InChI is InChI=1S/C16H14ClNO3/c17-12-8-13(16(19)20)15-14(9-12)18(6-7-21-15)10-11-4-2-1-3-5-11/h1-5,8-9H,6-7,10H2,(H,19,20). The lowest BCUT2D eigenvalue weighted by Gasteiger charge is -2.32. The van der Waals surface area contributed by atoms with E-state index in [0.717, 1.165) is 11.3 Å². The van der Waals surface area contributed by atoms with Gasteiger partial charge in [0.15, 0.2) is 5.75 Å². The Morgan fingerprint density at radius 3 is 2.76 bits per heavy atom. The van der Waals surface area contributed by atoms with Gasteiger partial charge >= 0.3 is 5.97 Å². The summed E-state index contributed by atoms with van der Waals surface area (Å²) in [6, 6.07) is 13.2. The number of fused-ring (bicyclic) bond motifs is 1. The third-order valence-electron chi connectivity index (χ3n) is 3.43. The van der Waals surface area contributed by atoms with E-state index in [1.54, 1.807) is 6.07 Å². The van der Waals surface area contributed by atoms with Gasteiger partial charge in [0.2, 0.25) is 0 Å². The summed E-state index contributed by atoms with van der Waals surface area (Å²) in [5, 5.41) is 9.68. The molecule has 0 spiro atoms. The summed E-state index contributed by atoms with van der Waals surface area (Å²) in [6.45, 7) is 1.85. The molecule has 0 fully saturated rings. The van der Waals surface area contributed by atoms with E-state index in [1.165, 1.54) is 6.07 Å². The number of rotatable bonds is 3. The minimum Gasteiger partial charge on any atom is -0.489 e. The second-order valence-corrected chi connectivity index (χ2v) is 5.30. The highest BCUT2D eigenvalue weighted by Crippen LogP contribution is 2.38. The SMILES string of the molecule is O=C(O)c1cc(Cl)cc2c1OCCN2Cc1ccccc1. The van der Waals surface area contributed by atoms with Gasteiger partial charge < -0.3 is 14.7 Å². The van der Waals surface area contributed by atoms with Gasteiger partial charge in [-0.2, -0.15) is 0 Å². The first-order valence-electron chi connectivity index (χ1n) is 6.63. The van der Waals surface area contributed by atoms with Crippen LogP contribution in [0, 0.1) is 0 Å². The van der Waals surface area contributed by atoms with Crippen LogP contribution >= 0.6 is 11.6 Å². The number of hydrogen-bond donors (Lipinski definition) is 1. The third kappa shape index (κ3) is 2.81. The first-order valence-corrected chi connectivity index (χ1v) is 7.01. The average Bonchev–Trinajstić information content (AvgIpc) is 2.48. The van der Waals surface area contributed by atoms with Gasteiger partial charge in [0.1, 0.15) is 12.2 Å². The summed E-state index contributed by atoms with van der Waals surface area (Å²) in [6.07, 6.45) is 0. The molecule has 21 heavy (non-hydrogen) atoms. The molecule has 0 atom stereocenters. The number of ether oxygens (including phenoxy) is 1. The van der Waals surface area contributed by atoms with Gasteiger partial charge in [-0.3, -0.25) is 0 Å². The topological polar surface area (TPSA) is 49.8 Å². The predicted molar refractivity (Wildman–Crippen MR) is 81.4 cm³/mol.